The molecule has 3 heteroatoms. The van der Waals surface area contributed by atoms with Gasteiger partial charge in [-0.3, -0.25) is 0 Å². The van der Waals surface area contributed by atoms with E-state index in [1.165, 1.54) is 71.1 Å². The Hall–Kier alpha value is 0.270. The van der Waals surface area contributed by atoms with Crippen molar-refractivity contribution < 1.29 is 0 Å². The summed E-state index contributed by atoms with van der Waals surface area (Å²) >= 11 is 2.06. The van der Waals surface area contributed by atoms with Crippen LogP contribution in [0.5, 0.6) is 0 Å². The zero-order valence-corrected chi connectivity index (χ0v) is 12.1. The first-order chi connectivity index (χ1) is 8.38. The molecule has 2 rings (SSSR count). The molecule has 2 saturated heterocycles. The Labute approximate surface area is 111 Å². The van der Waals surface area contributed by atoms with E-state index in [0.717, 1.165) is 11.3 Å². The number of hydrogen-bond acceptors (Lipinski definition) is 3. The third kappa shape index (κ3) is 4.80. The molecule has 17 heavy (non-hydrogen) atoms. The smallest absolute Gasteiger partial charge is 0.0195 e. The number of rotatable bonds is 3. The van der Waals surface area contributed by atoms with Crippen LogP contribution in [0, 0.1) is 0 Å². The molecular formula is C14H28N2S. The highest BCUT2D eigenvalue weighted by Crippen LogP contribution is 2.21. The van der Waals surface area contributed by atoms with Crippen molar-refractivity contribution in [3.8, 4) is 0 Å². The maximum Gasteiger partial charge on any atom is 0.0195 e. The topological polar surface area (TPSA) is 15.3 Å². The van der Waals surface area contributed by atoms with E-state index in [1.807, 2.05) is 0 Å². The van der Waals surface area contributed by atoms with Crippen LogP contribution >= 0.6 is 11.8 Å². The fourth-order valence-electron chi connectivity index (χ4n) is 3.07. The number of nitrogens with zero attached hydrogens (tertiary/aromatic N) is 1. The lowest BCUT2D eigenvalue weighted by atomic mass is 10.0. The number of hydrogen-bond donors (Lipinski definition) is 1. The molecule has 1 unspecified atom stereocenters. The largest absolute Gasteiger partial charge is 0.313 e. The number of piperidine rings is 1. The van der Waals surface area contributed by atoms with Gasteiger partial charge in [0.1, 0.15) is 0 Å². The molecule has 2 nitrogen and oxygen atoms in total. The van der Waals surface area contributed by atoms with Gasteiger partial charge in [-0.2, -0.15) is 11.8 Å². The molecule has 1 N–H and O–H groups in total. The van der Waals surface area contributed by atoms with Crippen LogP contribution < -0.4 is 5.32 Å². The molecule has 2 aliphatic rings. The number of likely N-dealkylation sites (tertiary alicyclic amines) is 1. The first kappa shape index (κ1) is 13.7. The summed E-state index contributed by atoms with van der Waals surface area (Å²) in [5, 5.41) is 4.67. The monoisotopic (exact) mass is 256 g/mol. The summed E-state index contributed by atoms with van der Waals surface area (Å²) in [5.41, 5.74) is 0. The predicted molar refractivity (Wildman–Crippen MR) is 77.9 cm³/mol. The molecule has 0 aromatic heterocycles. The van der Waals surface area contributed by atoms with Crippen LogP contribution in [0.1, 0.15) is 44.9 Å². The molecule has 0 aromatic rings. The molecule has 0 saturated carbocycles. The standard InChI is InChI=1S/C14H28N2S/c1-17-14-7-10-16(11-8-14)12-13-6-4-2-3-5-9-15-13/h13-15H,2-12H2,1H3. The fourth-order valence-corrected chi connectivity index (χ4v) is 3.75. The first-order valence-electron chi connectivity index (χ1n) is 7.37. The van der Waals surface area contributed by atoms with Crippen LogP contribution in [-0.2, 0) is 0 Å². The summed E-state index contributed by atoms with van der Waals surface area (Å²) < 4.78 is 0. The lowest BCUT2D eigenvalue weighted by molar-refractivity contribution is 0.200. The predicted octanol–water partition coefficient (Wildman–Crippen LogP) is 2.74. The van der Waals surface area contributed by atoms with Crippen molar-refractivity contribution in [2.24, 2.45) is 0 Å². The third-order valence-corrected chi connectivity index (χ3v) is 5.40. The minimum absolute atomic E-state index is 0.765. The van der Waals surface area contributed by atoms with Gasteiger partial charge in [0, 0.05) is 17.8 Å². The van der Waals surface area contributed by atoms with Gasteiger partial charge in [0.05, 0.1) is 0 Å². The molecule has 0 radical (unpaired) electrons. The minimum atomic E-state index is 0.765. The molecule has 2 fully saturated rings. The maximum atomic E-state index is 3.75. The highest BCUT2D eigenvalue weighted by Gasteiger charge is 2.21. The van der Waals surface area contributed by atoms with Gasteiger partial charge >= 0.3 is 0 Å². The minimum Gasteiger partial charge on any atom is -0.313 e. The van der Waals surface area contributed by atoms with Crippen molar-refractivity contribution in [2.75, 3.05) is 32.4 Å². The summed E-state index contributed by atoms with van der Waals surface area (Å²) in [7, 11) is 0. The second-order valence-corrected chi connectivity index (χ2v) is 6.73. The van der Waals surface area contributed by atoms with Gasteiger partial charge in [-0.15, -0.1) is 0 Å². The molecule has 2 aliphatic heterocycles. The lowest BCUT2D eigenvalue weighted by Gasteiger charge is -2.34. The Balaban J connectivity index is 1.68. The van der Waals surface area contributed by atoms with E-state index < -0.39 is 0 Å². The van der Waals surface area contributed by atoms with Crippen LogP contribution in [0.3, 0.4) is 0 Å². The summed E-state index contributed by atoms with van der Waals surface area (Å²) in [6.45, 7) is 5.18. The van der Waals surface area contributed by atoms with E-state index in [9.17, 15) is 0 Å². The summed E-state index contributed by atoms with van der Waals surface area (Å²) in [5.74, 6) is 0. The van der Waals surface area contributed by atoms with Gasteiger partial charge in [0.25, 0.3) is 0 Å². The van der Waals surface area contributed by atoms with Crippen molar-refractivity contribution in [3.05, 3.63) is 0 Å². The van der Waals surface area contributed by atoms with E-state index in [1.54, 1.807) is 0 Å². The molecular weight excluding hydrogens is 228 g/mol. The Bertz CT molecular complexity index is 194. The average molecular weight is 256 g/mol. The normalized spacial score (nSPS) is 29.8. The summed E-state index contributed by atoms with van der Waals surface area (Å²) in [4.78, 5) is 2.69. The highest BCUT2D eigenvalue weighted by atomic mass is 32.2. The van der Waals surface area contributed by atoms with Gasteiger partial charge in [0.2, 0.25) is 0 Å². The van der Waals surface area contributed by atoms with Gasteiger partial charge in [-0.1, -0.05) is 19.3 Å². The Morgan fingerprint density at radius 1 is 1.06 bits per heavy atom. The molecule has 0 spiro atoms. The second kappa shape index (κ2) is 7.65. The van der Waals surface area contributed by atoms with E-state index >= 15 is 0 Å². The highest BCUT2D eigenvalue weighted by molar-refractivity contribution is 7.99. The van der Waals surface area contributed by atoms with Crippen LogP contribution in [-0.4, -0.2) is 48.6 Å². The van der Waals surface area contributed by atoms with Crippen LogP contribution in [0.25, 0.3) is 0 Å². The van der Waals surface area contributed by atoms with Crippen molar-refractivity contribution in [3.63, 3.8) is 0 Å². The molecule has 2 heterocycles. The molecule has 100 valence electrons. The summed E-state index contributed by atoms with van der Waals surface area (Å²) in [6.07, 6.45) is 12.1. The van der Waals surface area contributed by atoms with Gasteiger partial charge in [-0.05, 0) is 51.6 Å². The van der Waals surface area contributed by atoms with Crippen molar-refractivity contribution in [1.82, 2.24) is 10.2 Å². The SMILES string of the molecule is CSC1CCN(CC2CCCCCCN2)CC1. The third-order valence-electron chi connectivity index (χ3n) is 4.26. The Kier molecular flexibility index (Phi) is 6.16. The van der Waals surface area contributed by atoms with E-state index in [4.69, 9.17) is 0 Å². The average Bonchev–Trinajstić information content (AvgIpc) is 2.33. The molecule has 1 atom stereocenters. The van der Waals surface area contributed by atoms with Crippen molar-refractivity contribution in [1.29, 1.82) is 0 Å². The van der Waals surface area contributed by atoms with Crippen LogP contribution in [0.2, 0.25) is 0 Å². The Morgan fingerprint density at radius 2 is 1.82 bits per heavy atom. The van der Waals surface area contributed by atoms with E-state index in [0.29, 0.717) is 0 Å². The molecule has 0 aromatic carbocycles. The van der Waals surface area contributed by atoms with Gasteiger partial charge < -0.3 is 10.2 Å². The molecule has 0 aliphatic carbocycles. The quantitative estimate of drug-likeness (QED) is 0.836. The van der Waals surface area contributed by atoms with Crippen molar-refractivity contribution >= 4 is 11.8 Å². The first-order valence-corrected chi connectivity index (χ1v) is 8.66. The Morgan fingerprint density at radius 3 is 2.59 bits per heavy atom. The van der Waals surface area contributed by atoms with E-state index in [-0.39, 0.29) is 0 Å². The van der Waals surface area contributed by atoms with E-state index in [2.05, 4.69) is 28.2 Å². The second-order valence-electron chi connectivity index (χ2n) is 5.59. The lowest BCUT2D eigenvalue weighted by Crippen LogP contribution is -2.45. The van der Waals surface area contributed by atoms with Gasteiger partial charge in [-0.25, -0.2) is 0 Å². The van der Waals surface area contributed by atoms with Crippen molar-refractivity contribution in [2.45, 2.75) is 56.2 Å². The summed E-state index contributed by atoms with van der Waals surface area (Å²) in [6, 6.07) is 0.765. The molecule has 0 bridgehead atoms. The fraction of sp³-hybridized carbons (Fsp3) is 1.00. The zero-order valence-electron chi connectivity index (χ0n) is 11.3. The molecule has 0 amide bonds. The number of nitrogens with one attached hydrogen (secondary N) is 1. The van der Waals surface area contributed by atoms with Crippen LogP contribution in [0.15, 0.2) is 0 Å². The number of thioether (sulfide) groups is 1. The zero-order chi connectivity index (χ0) is 11.9. The van der Waals surface area contributed by atoms with Crippen LogP contribution in [0.4, 0.5) is 0 Å². The maximum absolute atomic E-state index is 3.75. The van der Waals surface area contributed by atoms with Gasteiger partial charge in [0.15, 0.2) is 0 Å².